The molecule has 0 unspecified atom stereocenters. The number of nitrogens with one attached hydrogen (secondary N) is 2. The highest BCUT2D eigenvalue weighted by molar-refractivity contribution is 8.00. The Hall–Kier alpha value is -3.10. The number of fused-ring (bicyclic) bond motifs is 1. The second-order valence-corrected chi connectivity index (χ2v) is 6.69. The van der Waals surface area contributed by atoms with Gasteiger partial charge in [0.2, 0.25) is 5.43 Å². The van der Waals surface area contributed by atoms with Crippen LogP contribution in [0.1, 0.15) is 21.5 Å². The highest BCUT2D eigenvalue weighted by atomic mass is 32.2. The zero-order valence-corrected chi connectivity index (χ0v) is 14.7. The number of pyridine rings is 1. The third-order valence-electron chi connectivity index (χ3n) is 4.33. The van der Waals surface area contributed by atoms with Crippen LogP contribution in [0.25, 0.3) is 16.6 Å². The van der Waals surface area contributed by atoms with Crippen molar-refractivity contribution in [3.05, 3.63) is 86.8 Å². The quantitative estimate of drug-likeness (QED) is 0.601. The van der Waals surface area contributed by atoms with Crippen molar-refractivity contribution in [3.63, 3.8) is 0 Å². The Kier molecular flexibility index (Phi) is 4.43. The summed E-state index contributed by atoms with van der Waals surface area (Å²) in [5.41, 5.74) is 4.96. The van der Waals surface area contributed by atoms with Crippen LogP contribution in [-0.4, -0.2) is 15.6 Å². The Labute approximate surface area is 157 Å². The largest absolute Gasteiger partial charge is 0.477 e. The van der Waals surface area contributed by atoms with E-state index < -0.39 is 22.8 Å². The number of aromatic nitrogens is 1. The highest BCUT2D eigenvalue weighted by Crippen LogP contribution is 2.21. The van der Waals surface area contributed by atoms with Crippen LogP contribution >= 0.6 is 11.9 Å². The fraction of sp³-hybridized carbons (Fsp3) is 0.0526. The van der Waals surface area contributed by atoms with Crippen LogP contribution in [0.2, 0.25) is 0 Å². The molecule has 2 aromatic carbocycles. The number of carboxylic acid groups (broad SMARTS) is 1. The molecule has 3 aromatic rings. The maximum Gasteiger partial charge on any atom is 0.341 e. The van der Waals surface area contributed by atoms with E-state index >= 15 is 0 Å². The fourth-order valence-electron chi connectivity index (χ4n) is 3.01. The van der Waals surface area contributed by atoms with Crippen molar-refractivity contribution < 1.29 is 14.3 Å². The molecule has 0 aliphatic carbocycles. The predicted molar refractivity (Wildman–Crippen MR) is 103 cm³/mol. The molecular weight excluding hydrogens is 369 g/mol. The number of hydrogen-bond donors (Lipinski definition) is 3. The highest BCUT2D eigenvalue weighted by Gasteiger charge is 2.17. The lowest BCUT2D eigenvalue weighted by atomic mass is 10.1. The standard InChI is InChI=1S/C19H14FN3O3S/c20-14-2-1-3-16-17(14)18(24)13(19(25)26)9-23(16)8-11-4-6-12(7-5-11)15-10-27-22-21-15/h1-7,9-10,21-22H,8H2,(H,25,26). The summed E-state index contributed by atoms with van der Waals surface area (Å²) >= 11 is 1.44. The molecule has 6 nitrogen and oxygen atoms in total. The summed E-state index contributed by atoms with van der Waals surface area (Å²) in [7, 11) is 0. The average molecular weight is 383 g/mol. The molecule has 0 saturated heterocycles. The number of halogens is 1. The first-order chi connectivity index (χ1) is 13.0. The first-order valence-corrected chi connectivity index (χ1v) is 8.93. The number of aromatic carboxylic acids is 1. The summed E-state index contributed by atoms with van der Waals surface area (Å²) in [6, 6.07) is 11.9. The smallest absolute Gasteiger partial charge is 0.341 e. The van der Waals surface area contributed by atoms with E-state index in [1.54, 1.807) is 10.6 Å². The van der Waals surface area contributed by atoms with Crippen LogP contribution in [0.3, 0.4) is 0 Å². The zero-order chi connectivity index (χ0) is 19.0. The van der Waals surface area contributed by atoms with Crippen molar-refractivity contribution >= 4 is 34.5 Å². The zero-order valence-electron chi connectivity index (χ0n) is 13.9. The minimum atomic E-state index is -1.38. The molecule has 4 rings (SSSR count). The Morgan fingerprint density at radius 1 is 1.19 bits per heavy atom. The number of carboxylic acids is 1. The molecule has 136 valence electrons. The summed E-state index contributed by atoms with van der Waals surface area (Å²) in [4.78, 5) is 26.7. The lowest BCUT2D eigenvalue weighted by Crippen LogP contribution is -2.20. The van der Waals surface area contributed by atoms with Gasteiger partial charge in [-0.2, -0.15) is 4.83 Å². The van der Waals surface area contributed by atoms with Crippen LogP contribution < -0.4 is 15.7 Å². The maximum atomic E-state index is 14.2. The summed E-state index contributed by atoms with van der Waals surface area (Å²) < 4.78 is 15.8. The van der Waals surface area contributed by atoms with E-state index in [1.807, 2.05) is 29.7 Å². The minimum Gasteiger partial charge on any atom is -0.477 e. The number of rotatable bonds is 4. The molecule has 0 spiro atoms. The SMILES string of the molecule is O=C(O)c1cn(Cc2ccc(C3=CSNN3)cc2)c2cccc(F)c2c1=O. The van der Waals surface area contributed by atoms with Gasteiger partial charge in [0, 0.05) is 18.1 Å². The Bertz CT molecular complexity index is 1140. The van der Waals surface area contributed by atoms with Crippen LogP contribution in [0, 0.1) is 5.82 Å². The lowest BCUT2D eigenvalue weighted by Gasteiger charge is -2.13. The molecular formula is C19H14FN3O3S. The van der Waals surface area contributed by atoms with Gasteiger partial charge >= 0.3 is 5.97 Å². The molecule has 0 amide bonds. The van der Waals surface area contributed by atoms with Gasteiger partial charge in [-0.15, -0.1) is 0 Å². The van der Waals surface area contributed by atoms with Gasteiger partial charge in [-0.05, 0) is 35.2 Å². The molecule has 0 fully saturated rings. The monoisotopic (exact) mass is 383 g/mol. The molecule has 3 N–H and O–H groups in total. The predicted octanol–water partition coefficient (Wildman–Crippen LogP) is 2.94. The normalized spacial score (nSPS) is 13.4. The van der Waals surface area contributed by atoms with E-state index in [9.17, 15) is 19.1 Å². The lowest BCUT2D eigenvalue weighted by molar-refractivity contribution is 0.0695. The van der Waals surface area contributed by atoms with E-state index in [2.05, 4.69) is 10.3 Å². The Morgan fingerprint density at radius 3 is 2.63 bits per heavy atom. The van der Waals surface area contributed by atoms with Gasteiger partial charge in [0.05, 0.1) is 16.6 Å². The second-order valence-electron chi connectivity index (χ2n) is 6.01. The molecule has 8 heteroatoms. The first kappa shape index (κ1) is 17.3. The number of hydrazine groups is 1. The van der Waals surface area contributed by atoms with E-state index in [0.29, 0.717) is 12.1 Å². The van der Waals surface area contributed by atoms with Crippen molar-refractivity contribution in [2.45, 2.75) is 6.54 Å². The van der Waals surface area contributed by atoms with Gasteiger partial charge in [-0.1, -0.05) is 30.3 Å². The van der Waals surface area contributed by atoms with Crippen molar-refractivity contribution in [1.82, 2.24) is 14.8 Å². The third kappa shape index (κ3) is 3.20. The van der Waals surface area contributed by atoms with E-state index in [0.717, 1.165) is 22.9 Å². The molecule has 1 aliphatic heterocycles. The van der Waals surface area contributed by atoms with Crippen molar-refractivity contribution in [2.24, 2.45) is 0 Å². The molecule has 1 aliphatic rings. The number of hydrogen-bond acceptors (Lipinski definition) is 5. The summed E-state index contributed by atoms with van der Waals surface area (Å²) in [5, 5.41) is 11.0. The van der Waals surface area contributed by atoms with E-state index in [-0.39, 0.29) is 5.39 Å². The summed E-state index contributed by atoms with van der Waals surface area (Å²) in [6.45, 7) is 0.306. The number of carbonyl (C=O) groups is 1. The van der Waals surface area contributed by atoms with Gasteiger partial charge in [0.25, 0.3) is 0 Å². The Balaban J connectivity index is 1.77. The second kappa shape index (κ2) is 6.90. The van der Waals surface area contributed by atoms with Gasteiger partial charge < -0.3 is 15.1 Å². The summed E-state index contributed by atoms with van der Waals surface area (Å²) in [6.07, 6.45) is 1.27. The maximum absolute atomic E-state index is 14.2. The molecule has 27 heavy (non-hydrogen) atoms. The van der Waals surface area contributed by atoms with Crippen LogP contribution in [0.4, 0.5) is 4.39 Å². The van der Waals surface area contributed by atoms with Gasteiger partial charge in [-0.3, -0.25) is 4.79 Å². The average Bonchev–Trinajstić information content (AvgIpc) is 3.19. The fourth-order valence-corrected chi connectivity index (χ4v) is 3.55. The number of benzene rings is 2. The summed E-state index contributed by atoms with van der Waals surface area (Å²) in [5.74, 6) is -2.10. The molecule has 0 saturated carbocycles. The minimum absolute atomic E-state index is 0.211. The van der Waals surface area contributed by atoms with Crippen LogP contribution in [0.15, 0.2) is 58.9 Å². The van der Waals surface area contributed by atoms with Crippen molar-refractivity contribution in [3.8, 4) is 0 Å². The van der Waals surface area contributed by atoms with Crippen LogP contribution in [0.5, 0.6) is 0 Å². The van der Waals surface area contributed by atoms with E-state index in [1.165, 1.54) is 24.2 Å². The van der Waals surface area contributed by atoms with E-state index in [4.69, 9.17) is 0 Å². The molecule has 0 bridgehead atoms. The molecule has 0 radical (unpaired) electrons. The van der Waals surface area contributed by atoms with Gasteiger partial charge in [0.15, 0.2) is 0 Å². The van der Waals surface area contributed by atoms with Crippen molar-refractivity contribution in [1.29, 1.82) is 0 Å². The van der Waals surface area contributed by atoms with Gasteiger partial charge in [0.1, 0.15) is 11.4 Å². The van der Waals surface area contributed by atoms with Crippen LogP contribution in [-0.2, 0) is 6.54 Å². The van der Waals surface area contributed by atoms with Gasteiger partial charge in [-0.25, -0.2) is 9.18 Å². The first-order valence-electron chi connectivity index (χ1n) is 8.05. The Morgan fingerprint density at radius 2 is 1.96 bits per heavy atom. The molecule has 0 atom stereocenters. The number of nitrogens with zero attached hydrogens (tertiary/aromatic N) is 1. The third-order valence-corrected chi connectivity index (χ3v) is 4.90. The molecule has 2 heterocycles. The topological polar surface area (TPSA) is 83.4 Å². The van der Waals surface area contributed by atoms with Crippen molar-refractivity contribution in [2.75, 3.05) is 0 Å². The molecule has 1 aromatic heterocycles.